The summed E-state index contributed by atoms with van der Waals surface area (Å²) in [5, 5.41) is 15.7. The zero-order valence-corrected chi connectivity index (χ0v) is 14.4. The molecule has 2 aromatic rings. The summed E-state index contributed by atoms with van der Waals surface area (Å²) in [6.45, 7) is 3.43. The van der Waals surface area contributed by atoms with E-state index < -0.39 is 6.10 Å². The first kappa shape index (κ1) is 17.3. The molecule has 0 bridgehead atoms. The van der Waals surface area contributed by atoms with Crippen molar-refractivity contribution >= 4 is 6.03 Å². The number of benzene rings is 2. The number of amides is 2. The number of urea groups is 1. The van der Waals surface area contributed by atoms with Crippen molar-refractivity contribution in [1.29, 1.82) is 0 Å². The molecule has 1 aliphatic rings. The lowest BCUT2D eigenvalue weighted by molar-refractivity contribution is 0.172. The van der Waals surface area contributed by atoms with Crippen LogP contribution < -0.4 is 15.4 Å². The van der Waals surface area contributed by atoms with Crippen LogP contribution in [0.4, 0.5) is 4.79 Å². The number of carbonyl (C=O) groups is 1. The monoisotopic (exact) mass is 340 g/mol. The molecule has 1 heterocycles. The van der Waals surface area contributed by atoms with Crippen LogP contribution in [-0.2, 0) is 12.8 Å². The summed E-state index contributed by atoms with van der Waals surface area (Å²) in [5.41, 5.74) is 4.27. The van der Waals surface area contributed by atoms with Crippen molar-refractivity contribution in [2.45, 2.75) is 25.9 Å². The summed E-state index contributed by atoms with van der Waals surface area (Å²) >= 11 is 0. The summed E-state index contributed by atoms with van der Waals surface area (Å²) in [7, 11) is 0. The molecule has 0 spiro atoms. The third-order valence-electron chi connectivity index (χ3n) is 4.46. The maximum absolute atomic E-state index is 11.9. The van der Waals surface area contributed by atoms with Gasteiger partial charge in [-0.25, -0.2) is 4.79 Å². The molecule has 1 aliphatic heterocycles. The van der Waals surface area contributed by atoms with Gasteiger partial charge in [0, 0.05) is 19.5 Å². The first-order valence-electron chi connectivity index (χ1n) is 8.63. The van der Waals surface area contributed by atoms with Crippen LogP contribution in [0.15, 0.2) is 42.5 Å². The number of nitrogens with one attached hydrogen (secondary N) is 2. The zero-order chi connectivity index (χ0) is 17.6. The second kappa shape index (κ2) is 8.03. The molecule has 0 aliphatic carbocycles. The number of rotatable bonds is 6. The summed E-state index contributed by atoms with van der Waals surface area (Å²) in [5.74, 6) is 0.972. The van der Waals surface area contributed by atoms with Gasteiger partial charge in [-0.1, -0.05) is 36.4 Å². The van der Waals surface area contributed by atoms with E-state index in [4.69, 9.17) is 4.74 Å². The van der Waals surface area contributed by atoms with Crippen LogP contribution in [0.1, 0.15) is 28.4 Å². The van der Waals surface area contributed by atoms with Gasteiger partial charge in [-0.3, -0.25) is 0 Å². The molecule has 0 aromatic heterocycles. The Hall–Kier alpha value is -2.53. The standard InChI is InChI=1S/C20H24N2O3/c1-14-4-2-3-5-17(14)18(23)13-22-20(24)21-10-8-15-6-7-19-16(12-15)9-11-25-19/h2-7,12,18,23H,8-11,13H2,1H3,(H2,21,22,24). The molecule has 3 N–H and O–H groups in total. The number of ether oxygens (including phenoxy) is 1. The Labute approximate surface area is 148 Å². The fourth-order valence-corrected chi connectivity index (χ4v) is 3.04. The van der Waals surface area contributed by atoms with Crippen LogP contribution in [-0.4, -0.2) is 30.8 Å². The predicted octanol–water partition coefficient (Wildman–Crippen LogP) is 2.51. The van der Waals surface area contributed by atoms with Crippen molar-refractivity contribution in [3.05, 3.63) is 64.7 Å². The highest BCUT2D eigenvalue weighted by molar-refractivity contribution is 5.73. The molecule has 3 rings (SSSR count). The van der Waals surface area contributed by atoms with Crippen LogP contribution in [0.25, 0.3) is 0 Å². The van der Waals surface area contributed by atoms with Gasteiger partial charge in [0.1, 0.15) is 5.75 Å². The van der Waals surface area contributed by atoms with Crippen molar-refractivity contribution in [3.8, 4) is 5.75 Å². The molecule has 25 heavy (non-hydrogen) atoms. The van der Waals surface area contributed by atoms with Gasteiger partial charge in [-0.2, -0.15) is 0 Å². The molecular weight excluding hydrogens is 316 g/mol. The quantitative estimate of drug-likeness (QED) is 0.757. The van der Waals surface area contributed by atoms with Crippen LogP contribution in [0.5, 0.6) is 5.75 Å². The summed E-state index contributed by atoms with van der Waals surface area (Å²) in [6, 6.07) is 13.5. The largest absolute Gasteiger partial charge is 0.493 e. The molecule has 1 atom stereocenters. The SMILES string of the molecule is Cc1ccccc1C(O)CNC(=O)NCCc1ccc2c(c1)CCO2. The van der Waals surface area contributed by atoms with Gasteiger partial charge >= 0.3 is 6.03 Å². The van der Waals surface area contributed by atoms with Gasteiger partial charge in [-0.05, 0) is 41.7 Å². The average molecular weight is 340 g/mol. The fourth-order valence-electron chi connectivity index (χ4n) is 3.04. The lowest BCUT2D eigenvalue weighted by atomic mass is 10.0. The Morgan fingerprint density at radius 2 is 2.08 bits per heavy atom. The Kier molecular flexibility index (Phi) is 5.56. The molecule has 0 radical (unpaired) electrons. The average Bonchev–Trinajstić information content (AvgIpc) is 3.08. The van der Waals surface area contributed by atoms with E-state index in [0.29, 0.717) is 6.54 Å². The predicted molar refractivity (Wildman–Crippen MR) is 96.9 cm³/mol. The van der Waals surface area contributed by atoms with E-state index in [1.165, 1.54) is 11.1 Å². The number of fused-ring (bicyclic) bond motifs is 1. The molecule has 2 amide bonds. The molecule has 1 unspecified atom stereocenters. The van der Waals surface area contributed by atoms with E-state index >= 15 is 0 Å². The smallest absolute Gasteiger partial charge is 0.314 e. The minimum Gasteiger partial charge on any atom is -0.493 e. The Morgan fingerprint density at radius 1 is 1.24 bits per heavy atom. The molecule has 5 heteroatoms. The Balaban J connectivity index is 1.40. The van der Waals surface area contributed by atoms with Gasteiger partial charge < -0.3 is 20.5 Å². The highest BCUT2D eigenvalue weighted by Crippen LogP contribution is 2.25. The second-order valence-corrected chi connectivity index (χ2v) is 6.30. The minimum absolute atomic E-state index is 0.187. The number of hydrogen-bond donors (Lipinski definition) is 3. The second-order valence-electron chi connectivity index (χ2n) is 6.30. The molecule has 5 nitrogen and oxygen atoms in total. The van der Waals surface area contributed by atoms with Crippen molar-refractivity contribution in [2.75, 3.05) is 19.7 Å². The van der Waals surface area contributed by atoms with E-state index in [1.807, 2.05) is 43.3 Å². The number of hydrogen-bond acceptors (Lipinski definition) is 3. The molecular formula is C20H24N2O3. The normalized spacial score (nSPS) is 13.7. The minimum atomic E-state index is -0.705. The highest BCUT2D eigenvalue weighted by atomic mass is 16.5. The summed E-state index contributed by atoms with van der Waals surface area (Å²) in [4.78, 5) is 11.9. The van der Waals surface area contributed by atoms with Crippen LogP contribution in [0.3, 0.4) is 0 Å². The van der Waals surface area contributed by atoms with E-state index in [0.717, 1.165) is 36.3 Å². The van der Waals surface area contributed by atoms with Gasteiger partial charge in [0.15, 0.2) is 0 Å². The van der Waals surface area contributed by atoms with E-state index in [2.05, 4.69) is 16.7 Å². The third kappa shape index (κ3) is 4.51. The number of aliphatic hydroxyl groups excluding tert-OH is 1. The maximum Gasteiger partial charge on any atom is 0.314 e. The number of aryl methyl sites for hydroxylation is 1. The summed E-state index contributed by atoms with van der Waals surface area (Å²) in [6.07, 6.45) is 1.01. The topological polar surface area (TPSA) is 70.6 Å². The van der Waals surface area contributed by atoms with Crippen LogP contribution in [0, 0.1) is 6.92 Å². The van der Waals surface area contributed by atoms with Crippen LogP contribution >= 0.6 is 0 Å². The van der Waals surface area contributed by atoms with Crippen molar-refractivity contribution < 1.29 is 14.6 Å². The first-order valence-corrected chi connectivity index (χ1v) is 8.63. The van der Waals surface area contributed by atoms with Gasteiger partial charge in [0.05, 0.1) is 12.7 Å². The summed E-state index contributed by atoms with van der Waals surface area (Å²) < 4.78 is 5.49. The van der Waals surface area contributed by atoms with Crippen molar-refractivity contribution in [1.82, 2.24) is 10.6 Å². The van der Waals surface area contributed by atoms with Crippen molar-refractivity contribution in [2.24, 2.45) is 0 Å². The first-order chi connectivity index (χ1) is 12.1. The number of aliphatic hydroxyl groups is 1. The lowest BCUT2D eigenvalue weighted by Gasteiger charge is -2.15. The van der Waals surface area contributed by atoms with E-state index in [9.17, 15) is 9.90 Å². The van der Waals surface area contributed by atoms with Gasteiger partial charge in [0.2, 0.25) is 0 Å². The van der Waals surface area contributed by atoms with Gasteiger partial charge in [0.25, 0.3) is 0 Å². The third-order valence-corrected chi connectivity index (χ3v) is 4.46. The van der Waals surface area contributed by atoms with E-state index in [-0.39, 0.29) is 12.6 Å². The highest BCUT2D eigenvalue weighted by Gasteiger charge is 2.13. The Morgan fingerprint density at radius 3 is 2.92 bits per heavy atom. The van der Waals surface area contributed by atoms with Crippen molar-refractivity contribution in [3.63, 3.8) is 0 Å². The molecule has 2 aromatic carbocycles. The Bertz CT molecular complexity index is 745. The number of carbonyl (C=O) groups excluding carboxylic acids is 1. The molecule has 132 valence electrons. The maximum atomic E-state index is 11.9. The molecule has 0 saturated heterocycles. The fraction of sp³-hybridized carbons (Fsp3) is 0.350. The van der Waals surface area contributed by atoms with Crippen LogP contribution in [0.2, 0.25) is 0 Å². The molecule has 0 saturated carbocycles. The zero-order valence-electron chi connectivity index (χ0n) is 14.4. The van der Waals surface area contributed by atoms with E-state index in [1.54, 1.807) is 0 Å². The lowest BCUT2D eigenvalue weighted by Crippen LogP contribution is -2.38. The molecule has 0 fully saturated rings. The van der Waals surface area contributed by atoms with Gasteiger partial charge in [-0.15, -0.1) is 0 Å².